The molecule has 18 heavy (non-hydrogen) atoms. The molecule has 0 aromatic carbocycles. The molecule has 2 N–H and O–H groups in total. The van der Waals surface area contributed by atoms with Crippen molar-refractivity contribution in [3.8, 4) is 0 Å². The first-order valence-corrected chi connectivity index (χ1v) is 5.22. The molecule has 0 aliphatic rings. The van der Waals surface area contributed by atoms with Crippen LogP contribution in [0.15, 0.2) is 12.1 Å². The number of aliphatic hydroxyl groups is 1. The van der Waals surface area contributed by atoms with Crippen molar-refractivity contribution in [2.75, 3.05) is 6.61 Å². The first-order valence-electron chi connectivity index (χ1n) is 5.22. The van der Waals surface area contributed by atoms with Gasteiger partial charge in [-0.15, -0.1) is 0 Å². The fourth-order valence-electron chi connectivity index (χ4n) is 1.31. The second kappa shape index (κ2) is 5.34. The number of amides is 1. The Morgan fingerprint density at radius 3 is 2.56 bits per heavy atom. The van der Waals surface area contributed by atoms with Gasteiger partial charge in [0.25, 0.3) is 5.91 Å². The molecule has 0 saturated heterocycles. The number of rotatable bonds is 3. The summed E-state index contributed by atoms with van der Waals surface area (Å²) in [5, 5.41) is 11.2. The van der Waals surface area contributed by atoms with E-state index in [0.29, 0.717) is 0 Å². The van der Waals surface area contributed by atoms with E-state index in [2.05, 4.69) is 10.3 Å². The quantitative estimate of drug-likeness (QED) is 0.868. The summed E-state index contributed by atoms with van der Waals surface area (Å²) in [6, 6.07) is 1.36. The zero-order valence-electron chi connectivity index (χ0n) is 9.88. The normalized spacial score (nSPS) is 13.2. The maximum atomic E-state index is 12.4. The van der Waals surface area contributed by atoms with Gasteiger partial charge in [0.15, 0.2) is 0 Å². The summed E-state index contributed by atoms with van der Waals surface area (Å²) in [5.41, 5.74) is -0.984. The Labute approximate surface area is 102 Å². The summed E-state index contributed by atoms with van der Waals surface area (Å²) in [5.74, 6) is -0.560. The molecular weight excluding hydrogens is 249 g/mol. The molecule has 0 bridgehead atoms. The van der Waals surface area contributed by atoms with Crippen molar-refractivity contribution in [2.45, 2.75) is 26.1 Å². The summed E-state index contributed by atoms with van der Waals surface area (Å²) >= 11 is 0. The molecule has 0 saturated carbocycles. The molecule has 0 aliphatic carbocycles. The van der Waals surface area contributed by atoms with Crippen molar-refractivity contribution in [1.82, 2.24) is 10.3 Å². The number of carbonyl (C=O) groups excluding carboxylic acids is 1. The smallest absolute Gasteiger partial charge is 0.394 e. The van der Waals surface area contributed by atoms with E-state index in [1.54, 1.807) is 6.92 Å². The molecule has 4 nitrogen and oxygen atoms in total. The van der Waals surface area contributed by atoms with Gasteiger partial charge in [-0.2, -0.15) is 13.2 Å². The van der Waals surface area contributed by atoms with E-state index in [1.165, 1.54) is 6.92 Å². The predicted octanol–water partition coefficient (Wildman–Crippen LogP) is 1.52. The molecule has 1 atom stereocenters. The lowest BCUT2D eigenvalue weighted by Gasteiger charge is -2.13. The second-order valence-corrected chi connectivity index (χ2v) is 3.88. The molecule has 100 valence electrons. The first kappa shape index (κ1) is 14.4. The van der Waals surface area contributed by atoms with E-state index < -0.39 is 23.8 Å². The van der Waals surface area contributed by atoms with Crippen molar-refractivity contribution in [1.29, 1.82) is 0 Å². The average Bonchev–Trinajstić information content (AvgIpc) is 2.27. The number of aryl methyl sites for hydroxylation is 1. The van der Waals surface area contributed by atoms with Crippen molar-refractivity contribution in [3.05, 3.63) is 29.1 Å². The van der Waals surface area contributed by atoms with Crippen molar-refractivity contribution >= 4 is 5.91 Å². The number of hydrogen-bond donors (Lipinski definition) is 2. The molecule has 1 amide bonds. The molecule has 0 fully saturated rings. The summed E-state index contributed by atoms with van der Waals surface area (Å²) in [6.45, 7) is 2.65. The molecular formula is C11H13F3N2O2. The van der Waals surface area contributed by atoms with Crippen LogP contribution in [0, 0.1) is 6.92 Å². The van der Waals surface area contributed by atoms with Gasteiger partial charge in [0.2, 0.25) is 0 Å². The van der Waals surface area contributed by atoms with Crippen LogP contribution in [-0.2, 0) is 6.18 Å². The molecule has 7 heteroatoms. The Morgan fingerprint density at radius 1 is 1.50 bits per heavy atom. The van der Waals surface area contributed by atoms with Gasteiger partial charge in [-0.25, -0.2) is 4.98 Å². The number of hydrogen-bond acceptors (Lipinski definition) is 3. The van der Waals surface area contributed by atoms with Gasteiger partial charge in [0.1, 0.15) is 5.69 Å². The largest absolute Gasteiger partial charge is 0.433 e. The van der Waals surface area contributed by atoms with Crippen molar-refractivity contribution in [3.63, 3.8) is 0 Å². The minimum Gasteiger partial charge on any atom is -0.394 e. The van der Waals surface area contributed by atoms with Gasteiger partial charge >= 0.3 is 6.18 Å². The Balaban J connectivity index is 2.96. The lowest BCUT2D eigenvalue weighted by molar-refractivity contribution is -0.141. The van der Waals surface area contributed by atoms with Crippen LogP contribution in [0.2, 0.25) is 0 Å². The molecule has 0 spiro atoms. The summed E-state index contributed by atoms with van der Waals surface area (Å²) in [4.78, 5) is 15.0. The minimum atomic E-state index is -4.53. The molecule has 1 rings (SSSR count). The van der Waals surface area contributed by atoms with Crippen molar-refractivity contribution in [2.24, 2.45) is 0 Å². The van der Waals surface area contributed by atoms with Gasteiger partial charge in [0.05, 0.1) is 17.9 Å². The van der Waals surface area contributed by atoms with E-state index in [-0.39, 0.29) is 17.9 Å². The second-order valence-electron chi connectivity index (χ2n) is 3.88. The van der Waals surface area contributed by atoms with Crippen LogP contribution in [0.3, 0.4) is 0 Å². The highest BCUT2D eigenvalue weighted by molar-refractivity contribution is 5.95. The summed E-state index contributed by atoms with van der Waals surface area (Å²) < 4.78 is 37.1. The Kier molecular flexibility index (Phi) is 4.28. The Hall–Kier alpha value is -1.63. The number of halogens is 3. The number of aliphatic hydroxyl groups excluding tert-OH is 1. The van der Waals surface area contributed by atoms with Crippen LogP contribution < -0.4 is 5.32 Å². The van der Waals surface area contributed by atoms with Crippen LogP contribution in [0.1, 0.15) is 28.7 Å². The maximum absolute atomic E-state index is 12.4. The number of carbonyl (C=O) groups is 1. The molecule has 1 aromatic heterocycles. The van der Waals surface area contributed by atoms with E-state index in [4.69, 9.17) is 5.11 Å². The number of aromatic nitrogens is 1. The molecule has 1 unspecified atom stereocenters. The monoisotopic (exact) mass is 262 g/mol. The van der Waals surface area contributed by atoms with Crippen LogP contribution in [0.5, 0.6) is 0 Å². The Bertz CT molecular complexity index is 446. The molecule has 1 heterocycles. The number of nitrogens with zero attached hydrogens (tertiary/aromatic N) is 1. The number of pyridine rings is 1. The van der Waals surface area contributed by atoms with E-state index in [1.807, 2.05) is 0 Å². The third-order valence-electron chi connectivity index (χ3n) is 2.27. The SMILES string of the molecule is Cc1nc(C(F)(F)F)ccc1C(=O)NC(C)CO. The fourth-order valence-corrected chi connectivity index (χ4v) is 1.31. The minimum absolute atomic E-state index is 0.00698. The predicted molar refractivity (Wildman–Crippen MR) is 58.0 cm³/mol. The first-order chi connectivity index (χ1) is 8.25. The van der Waals surface area contributed by atoms with Crippen LogP contribution in [0.4, 0.5) is 13.2 Å². The van der Waals surface area contributed by atoms with Gasteiger partial charge < -0.3 is 10.4 Å². The standard InChI is InChI=1S/C11H13F3N2O2/c1-6(5-17)15-10(18)8-3-4-9(11(12,13)14)16-7(8)2/h3-4,6,17H,5H2,1-2H3,(H,15,18). The van der Waals surface area contributed by atoms with Crippen LogP contribution in [-0.4, -0.2) is 28.6 Å². The van der Waals surface area contributed by atoms with Crippen LogP contribution >= 0.6 is 0 Å². The molecule has 0 radical (unpaired) electrons. The summed E-state index contributed by atoms with van der Waals surface area (Å²) in [7, 11) is 0. The third-order valence-corrected chi connectivity index (χ3v) is 2.27. The van der Waals surface area contributed by atoms with Gasteiger partial charge in [-0.1, -0.05) is 0 Å². The van der Waals surface area contributed by atoms with Crippen LogP contribution in [0.25, 0.3) is 0 Å². The van der Waals surface area contributed by atoms with E-state index >= 15 is 0 Å². The van der Waals surface area contributed by atoms with Gasteiger partial charge in [-0.3, -0.25) is 4.79 Å². The van der Waals surface area contributed by atoms with Gasteiger partial charge in [-0.05, 0) is 26.0 Å². The highest BCUT2D eigenvalue weighted by Gasteiger charge is 2.33. The summed E-state index contributed by atoms with van der Waals surface area (Å²) in [6.07, 6.45) is -4.53. The Morgan fingerprint density at radius 2 is 2.11 bits per heavy atom. The molecule has 0 aliphatic heterocycles. The van der Waals surface area contributed by atoms with E-state index in [0.717, 1.165) is 12.1 Å². The number of nitrogens with one attached hydrogen (secondary N) is 1. The highest BCUT2D eigenvalue weighted by Crippen LogP contribution is 2.28. The van der Waals surface area contributed by atoms with Gasteiger partial charge in [0, 0.05) is 6.04 Å². The van der Waals surface area contributed by atoms with Crippen molar-refractivity contribution < 1.29 is 23.1 Å². The fraction of sp³-hybridized carbons (Fsp3) is 0.455. The zero-order valence-corrected chi connectivity index (χ0v) is 9.88. The number of alkyl halides is 3. The third kappa shape index (κ3) is 3.43. The maximum Gasteiger partial charge on any atom is 0.433 e. The zero-order chi connectivity index (χ0) is 13.9. The lowest BCUT2D eigenvalue weighted by atomic mass is 10.1. The van der Waals surface area contributed by atoms with E-state index in [9.17, 15) is 18.0 Å². The lowest BCUT2D eigenvalue weighted by Crippen LogP contribution is -2.35. The average molecular weight is 262 g/mol. The topological polar surface area (TPSA) is 62.2 Å². The highest BCUT2D eigenvalue weighted by atomic mass is 19.4. The molecule has 1 aromatic rings.